The SMILES string of the molecule is C=CF.O=C(O)O.[LiH]. The Morgan fingerprint density at radius 2 is 1.62 bits per heavy atom. The molecule has 44 valence electrons. The van der Waals surface area contributed by atoms with Crippen LogP contribution in [-0.4, -0.2) is 35.2 Å². The minimum absolute atomic E-state index is 0. The molecule has 0 rings (SSSR count). The Bertz CT molecular complexity index is 61.5. The predicted molar refractivity (Wildman–Crippen MR) is 29.1 cm³/mol. The van der Waals surface area contributed by atoms with Crippen molar-refractivity contribution in [2.75, 3.05) is 0 Å². The molecule has 0 heterocycles. The summed E-state index contributed by atoms with van der Waals surface area (Å²) in [7, 11) is 0. The molecule has 0 saturated heterocycles. The Morgan fingerprint density at radius 3 is 1.62 bits per heavy atom. The molecular weight excluding hydrogens is 110 g/mol. The Balaban J connectivity index is -0.0000000575. The van der Waals surface area contributed by atoms with Gasteiger partial charge in [0, 0.05) is 0 Å². The maximum atomic E-state index is 10.1. The van der Waals surface area contributed by atoms with Crippen LogP contribution in [0.25, 0.3) is 0 Å². The second-order valence-electron chi connectivity index (χ2n) is 0.437. The number of halogens is 1. The van der Waals surface area contributed by atoms with Gasteiger partial charge in [-0.1, -0.05) is 6.58 Å². The van der Waals surface area contributed by atoms with Gasteiger partial charge in [0.25, 0.3) is 0 Å². The minimum atomic E-state index is -1.83. The molecule has 2 N–H and O–H groups in total. The predicted octanol–water partition coefficient (Wildman–Crippen LogP) is 0.673. The number of carbonyl (C=O) groups is 1. The fourth-order valence-electron chi connectivity index (χ4n) is 0. The van der Waals surface area contributed by atoms with Gasteiger partial charge in [0.1, 0.15) is 0 Å². The van der Waals surface area contributed by atoms with Gasteiger partial charge in [-0.3, -0.25) is 0 Å². The van der Waals surface area contributed by atoms with E-state index in [1.165, 1.54) is 0 Å². The molecule has 0 aliphatic rings. The normalized spacial score (nSPS) is 4.62. The molecule has 0 radical (unpaired) electrons. The second-order valence-corrected chi connectivity index (χ2v) is 0.437. The van der Waals surface area contributed by atoms with Gasteiger partial charge >= 0.3 is 25.0 Å². The van der Waals surface area contributed by atoms with Crippen molar-refractivity contribution in [3.8, 4) is 0 Å². The molecule has 3 nitrogen and oxygen atoms in total. The monoisotopic (exact) mass is 116 g/mol. The van der Waals surface area contributed by atoms with Crippen LogP contribution in [0.1, 0.15) is 0 Å². The standard InChI is InChI=1S/C2H3F.CH2O3.Li.H/c1-2-3;2-1(3)4;;/h2H,1H2;(H2,2,3,4);;. The van der Waals surface area contributed by atoms with Crippen molar-refractivity contribution in [3.05, 3.63) is 12.9 Å². The summed E-state index contributed by atoms with van der Waals surface area (Å²) in [6.45, 7) is 2.69. The van der Waals surface area contributed by atoms with Crippen molar-refractivity contribution in [2.45, 2.75) is 0 Å². The quantitative estimate of drug-likeness (QED) is 0.457. The first kappa shape index (κ1) is 15.6. The zero-order valence-corrected chi connectivity index (χ0v) is 3.47. The zero-order valence-electron chi connectivity index (χ0n) is 3.47. The van der Waals surface area contributed by atoms with Gasteiger partial charge in [-0.25, -0.2) is 9.18 Å². The summed E-state index contributed by atoms with van der Waals surface area (Å²) in [5.74, 6) is 0. The Kier molecular flexibility index (Phi) is 31.3. The zero-order chi connectivity index (χ0) is 6.28. The number of rotatable bonds is 0. The van der Waals surface area contributed by atoms with Crippen molar-refractivity contribution in [2.24, 2.45) is 0 Å². The van der Waals surface area contributed by atoms with E-state index in [0.29, 0.717) is 0 Å². The summed E-state index contributed by atoms with van der Waals surface area (Å²) in [6, 6.07) is 0. The van der Waals surface area contributed by atoms with Crippen LogP contribution in [-0.2, 0) is 0 Å². The molecule has 0 fully saturated rings. The molecular formula is C3H6FLiO3. The van der Waals surface area contributed by atoms with Crippen LogP contribution in [0.15, 0.2) is 12.9 Å². The van der Waals surface area contributed by atoms with E-state index in [9.17, 15) is 4.39 Å². The van der Waals surface area contributed by atoms with Crippen LogP contribution in [0.2, 0.25) is 0 Å². The molecule has 5 heteroatoms. The van der Waals surface area contributed by atoms with Crippen LogP contribution in [0.4, 0.5) is 9.18 Å². The van der Waals surface area contributed by atoms with Gasteiger partial charge in [-0.05, 0) is 0 Å². The van der Waals surface area contributed by atoms with E-state index in [2.05, 4.69) is 6.58 Å². The van der Waals surface area contributed by atoms with Crippen molar-refractivity contribution in [3.63, 3.8) is 0 Å². The molecule has 8 heavy (non-hydrogen) atoms. The summed E-state index contributed by atoms with van der Waals surface area (Å²) in [5.41, 5.74) is 0. The Labute approximate surface area is 58.0 Å². The van der Waals surface area contributed by atoms with Gasteiger partial charge in [-0.15, -0.1) is 0 Å². The van der Waals surface area contributed by atoms with Crippen LogP contribution in [0.5, 0.6) is 0 Å². The van der Waals surface area contributed by atoms with Crippen LogP contribution in [0.3, 0.4) is 0 Å². The molecule has 0 aromatic rings. The second kappa shape index (κ2) is 16.0. The molecule has 0 atom stereocenters. The van der Waals surface area contributed by atoms with E-state index in [-0.39, 0.29) is 25.2 Å². The number of hydrogen-bond donors (Lipinski definition) is 2. The van der Waals surface area contributed by atoms with Gasteiger partial charge in [0.2, 0.25) is 0 Å². The number of carboxylic acid groups (broad SMARTS) is 2. The third kappa shape index (κ3) is 533. The van der Waals surface area contributed by atoms with E-state index < -0.39 is 6.16 Å². The first-order valence-electron chi connectivity index (χ1n) is 1.28. The van der Waals surface area contributed by atoms with Gasteiger partial charge in [0.05, 0.1) is 6.33 Å². The molecule has 0 unspecified atom stereocenters. The third-order valence-electron chi connectivity index (χ3n) is 0. The Morgan fingerprint density at radius 1 is 1.62 bits per heavy atom. The molecule has 0 amide bonds. The van der Waals surface area contributed by atoms with E-state index in [1.54, 1.807) is 0 Å². The average molecular weight is 116 g/mol. The van der Waals surface area contributed by atoms with E-state index in [1.807, 2.05) is 0 Å². The summed E-state index contributed by atoms with van der Waals surface area (Å²) in [4.78, 5) is 8.56. The van der Waals surface area contributed by atoms with Gasteiger partial charge < -0.3 is 10.2 Å². The van der Waals surface area contributed by atoms with Crippen LogP contribution in [0, 0.1) is 0 Å². The summed E-state index contributed by atoms with van der Waals surface area (Å²) in [6.07, 6.45) is -1.58. The van der Waals surface area contributed by atoms with E-state index in [0.717, 1.165) is 0 Å². The summed E-state index contributed by atoms with van der Waals surface area (Å²) >= 11 is 0. The van der Waals surface area contributed by atoms with Crippen LogP contribution >= 0.6 is 0 Å². The van der Waals surface area contributed by atoms with Gasteiger partial charge in [-0.2, -0.15) is 0 Å². The molecule has 0 spiro atoms. The molecule has 0 aliphatic carbocycles. The van der Waals surface area contributed by atoms with Crippen molar-refractivity contribution in [1.82, 2.24) is 0 Å². The fraction of sp³-hybridized carbons (Fsp3) is 0. The molecule has 0 bridgehead atoms. The molecule has 0 aromatic carbocycles. The maximum absolute atomic E-state index is 10.1. The first-order valence-corrected chi connectivity index (χ1v) is 1.28. The third-order valence-corrected chi connectivity index (χ3v) is 0. The van der Waals surface area contributed by atoms with Gasteiger partial charge in [0.15, 0.2) is 0 Å². The van der Waals surface area contributed by atoms with E-state index in [4.69, 9.17) is 15.0 Å². The molecule has 0 aromatic heterocycles. The first-order chi connectivity index (χ1) is 3.15. The van der Waals surface area contributed by atoms with Crippen molar-refractivity contribution >= 4 is 25.0 Å². The van der Waals surface area contributed by atoms with Crippen LogP contribution < -0.4 is 0 Å². The molecule has 0 saturated carbocycles. The fourth-order valence-corrected chi connectivity index (χ4v) is 0. The van der Waals surface area contributed by atoms with Crippen molar-refractivity contribution in [1.29, 1.82) is 0 Å². The number of hydrogen-bond acceptors (Lipinski definition) is 1. The topological polar surface area (TPSA) is 57.5 Å². The molecule has 0 aliphatic heterocycles. The summed E-state index contributed by atoms with van der Waals surface area (Å²) < 4.78 is 10.1. The average Bonchev–Trinajstić information content (AvgIpc) is 1.33. The van der Waals surface area contributed by atoms with Crippen molar-refractivity contribution < 1.29 is 19.4 Å². The summed E-state index contributed by atoms with van der Waals surface area (Å²) in [5, 5.41) is 13.9. The Hall–Kier alpha value is -0.463. The van der Waals surface area contributed by atoms with E-state index >= 15 is 0 Å².